The van der Waals surface area contributed by atoms with E-state index in [4.69, 9.17) is 4.74 Å². The van der Waals surface area contributed by atoms with Crippen LogP contribution in [0.15, 0.2) is 72.8 Å². The maximum absolute atomic E-state index is 14.3. The van der Waals surface area contributed by atoms with Crippen molar-refractivity contribution in [1.82, 2.24) is 15.5 Å². The maximum Gasteiger partial charge on any atom is 0.408 e. The molecule has 3 rings (SSSR count). The Bertz CT molecular complexity index is 1350. The number of aromatic hydroxyl groups is 2. The molecule has 3 aromatic rings. The van der Waals surface area contributed by atoms with Crippen LogP contribution >= 0.6 is 0 Å². The molecule has 42 heavy (non-hydrogen) atoms. The summed E-state index contributed by atoms with van der Waals surface area (Å²) in [6.07, 6.45) is -0.114. The van der Waals surface area contributed by atoms with Gasteiger partial charge in [0.15, 0.2) is 0 Å². The van der Waals surface area contributed by atoms with E-state index >= 15 is 0 Å². The van der Waals surface area contributed by atoms with Crippen molar-refractivity contribution in [3.8, 4) is 11.5 Å². The van der Waals surface area contributed by atoms with Gasteiger partial charge >= 0.3 is 6.09 Å². The standard InChI is InChI=1S/C33H41N3O6/c1-6-18-36(31(40)27(35-32(41)42-33(3,4)5)20-23-12-15-26(37)16-13-23)29(25-14-17-28(38)22(2)19-25)30(39)34-21-24-10-8-7-9-11-24/h7-17,19,27,29,37-38H,6,18,20-21H2,1-5H3,(H,34,39)(H,35,41). The van der Waals surface area contributed by atoms with Crippen LogP contribution in [0.1, 0.15) is 62.4 Å². The second-order valence-electron chi connectivity index (χ2n) is 11.3. The van der Waals surface area contributed by atoms with Crippen molar-refractivity contribution in [2.75, 3.05) is 6.54 Å². The molecule has 0 saturated heterocycles. The number of alkyl carbamates (subject to hydrolysis) is 1. The number of hydrogen-bond donors (Lipinski definition) is 4. The van der Waals surface area contributed by atoms with Crippen LogP contribution in [0, 0.1) is 6.92 Å². The Morgan fingerprint density at radius 3 is 2.19 bits per heavy atom. The van der Waals surface area contributed by atoms with Gasteiger partial charge in [0.1, 0.15) is 29.2 Å². The number of carbonyl (C=O) groups excluding carboxylic acids is 3. The molecular formula is C33H41N3O6. The number of benzene rings is 3. The number of carbonyl (C=O) groups is 3. The first-order valence-electron chi connectivity index (χ1n) is 14.1. The van der Waals surface area contributed by atoms with Crippen molar-refractivity contribution >= 4 is 17.9 Å². The lowest BCUT2D eigenvalue weighted by Gasteiger charge is -2.34. The molecule has 0 aliphatic heterocycles. The van der Waals surface area contributed by atoms with Crippen molar-refractivity contribution in [3.05, 3.63) is 95.1 Å². The third kappa shape index (κ3) is 9.26. The van der Waals surface area contributed by atoms with Gasteiger partial charge in [-0.25, -0.2) is 4.79 Å². The fourth-order valence-corrected chi connectivity index (χ4v) is 4.53. The Morgan fingerprint density at radius 1 is 0.929 bits per heavy atom. The molecule has 0 spiro atoms. The van der Waals surface area contributed by atoms with Crippen LogP contribution in [-0.2, 0) is 27.3 Å². The van der Waals surface area contributed by atoms with E-state index < -0.39 is 35.6 Å². The van der Waals surface area contributed by atoms with Gasteiger partial charge < -0.3 is 30.5 Å². The zero-order chi connectivity index (χ0) is 30.9. The summed E-state index contributed by atoms with van der Waals surface area (Å²) in [7, 11) is 0. The highest BCUT2D eigenvalue weighted by Crippen LogP contribution is 2.28. The number of nitrogens with one attached hydrogen (secondary N) is 2. The summed E-state index contributed by atoms with van der Waals surface area (Å²) >= 11 is 0. The van der Waals surface area contributed by atoms with E-state index in [0.29, 0.717) is 23.1 Å². The maximum atomic E-state index is 14.3. The molecule has 2 atom stereocenters. The molecule has 4 N–H and O–H groups in total. The Kier molecular flexibility index (Phi) is 11.0. The number of aryl methyl sites for hydroxylation is 1. The van der Waals surface area contributed by atoms with Gasteiger partial charge in [0, 0.05) is 19.5 Å². The fraction of sp³-hybridized carbons (Fsp3) is 0.364. The Labute approximate surface area is 247 Å². The number of nitrogens with zero attached hydrogens (tertiary/aromatic N) is 1. The van der Waals surface area contributed by atoms with Gasteiger partial charge in [-0.05, 0) is 80.6 Å². The molecule has 0 radical (unpaired) electrons. The van der Waals surface area contributed by atoms with Gasteiger partial charge in [-0.15, -0.1) is 0 Å². The van der Waals surface area contributed by atoms with E-state index in [2.05, 4.69) is 10.6 Å². The summed E-state index contributed by atoms with van der Waals surface area (Å²) in [6.45, 7) is 9.30. The van der Waals surface area contributed by atoms with E-state index in [-0.39, 0.29) is 31.0 Å². The lowest BCUT2D eigenvalue weighted by Crippen LogP contribution is -2.54. The molecule has 3 amide bonds. The van der Waals surface area contributed by atoms with Crippen LogP contribution in [0.4, 0.5) is 4.79 Å². The normalized spacial score (nSPS) is 12.6. The van der Waals surface area contributed by atoms with Gasteiger partial charge in [0.2, 0.25) is 11.8 Å². The van der Waals surface area contributed by atoms with Crippen LogP contribution in [-0.4, -0.2) is 51.2 Å². The second kappa shape index (κ2) is 14.4. The van der Waals surface area contributed by atoms with Crippen LogP contribution in [0.3, 0.4) is 0 Å². The van der Waals surface area contributed by atoms with E-state index in [9.17, 15) is 24.6 Å². The van der Waals surface area contributed by atoms with Gasteiger partial charge in [0.05, 0.1) is 0 Å². The minimum atomic E-state index is -1.07. The van der Waals surface area contributed by atoms with Crippen molar-refractivity contribution in [2.45, 2.75) is 71.7 Å². The molecule has 224 valence electrons. The van der Waals surface area contributed by atoms with Crippen molar-refractivity contribution in [2.24, 2.45) is 0 Å². The molecule has 9 nitrogen and oxygen atoms in total. The van der Waals surface area contributed by atoms with Crippen LogP contribution in [0.25, 0.3) is 0 Å². The first kappa shape index (κ1) is 32.0. The summed E-state index contributed by atoms with van der Waals surface area (Å²) in [6, 6.07) is 18.5. The zero-order valence-corrected chi connectivity index (χ0v) is 24.9. The third-order valence-corrected chi connectivity index (χ3v) is 6.52. The lowest BCUT2D eigenvalue weighted by molar-refractivity contribution is -0.142. The molecule has 3 aromatic carbocycles. The predicted octanol–water partition coefficient (Wildman–Crippen LogP) is 5.14. The molecule has 0 bridgehead atoms. The quantitative estimate of drug-likeness (QED) is 0.251. The first-order chi connectivity index (χ1) is 19.9. The highest BCUT2D eigenvalue weighted by molar-refractivity contribution is 5.92. The highest BCUT2D eigenvalue weighted by Gasteiger charge is 2.36. The topological polar surface area (TPSA) is 128 Å². The molecule has 9 heteroatoms. The summed E-state index contributed by atoms with van der Waals surface area (Å²) in [5.74, 6) is -0.715. The summed E-state index contributed by atoms with van der Waals surface area (Å²) in [5, 5.41) is 25.6. The largest absolute Gasteiger partial charge is 0.508 e. The molecule has 0 heterocycles. The smallest absolute Gasteiger partial charge is 0.408 e. The van der Waals surface area contributed by atoms with Crippen LogP contribution in [0.5, 0.6) is 11.5 Å². The van der Waals surface area contributed by atoms with E-state index in [1.54, 1.807) is 52.0 Å². The average molecular weight is 576 g/mol. The fourth-order valence-electron chi connectivity index (χ4n) is 4.53. The minimum Gasteiger partial charge on any atom is -0.508 e. The SMILES string of the molecule is CCCN(C(=O)C(Cc1ccc(O)cc1)NC(=O)OC(C)(C)C)C(C(=O)NCc1ccccc1)c1ccc(O)c(C)c1. The molecule has 0 fully saturated rings. The van der Waals surface area contributed by atoms with Gasteiger partial charge in [-0.2, -0.15) is 0 Å². The minimum absolute atomic E-state index is 0.0761. The number of hydrogen-bond acceptors (Lipinski definition) is 6. The number of rotatable bonds is 11. The van der Waals surface area contributed by atoms with E-state index in [1.165, 1.54) is 23.1 Å². The molecule has 0 saturated carbocycles. The lowest BCUT2D eigenvalue weighted by atomic mass is 9.98. The second-order valence-corrected chi connectivity index (χ2v) is 11.3. The van der Waals surface area contributed by atoms with Gasteiger partial charge in [0.25, 0.3) is 0 Å². The molecule has 0 aliphatic carbocycles. The van der Waals surface area contributed by atoms with Gasteiger partial charge in [-0.1, -0.05) is 55.5 Å². The number of amides is 3. The van der Waals surface area contributed by atoms with E-state index in [0.717, 1.165) is 5.56 Å². The molecular weight excluding hydrogens is 534 g/mol. The molecule has 0 aromatic heterocycles. The monoisotopic (exact) mass is 575 g/mol. The number of phenols is 2. The third-order valence-electron chi connectivity index (χ3n) is 6.52. The summed E-state index contributed by atoms with van der Waals surface area (Å²) in [5.41, 5.74) is 1.90. The van der Waals surface area contributed by atoms with Crippen molar-refractivity contribution in [3.63, 3.8) is 0 Å². The molecule has 0 aliphatic rings. The Balaban J connectivity index is 2.01. The number of ether oxygens (including phenoxy) is 1. The zero-order valence-electron chi connectivity index (χ0n) is 24.9. The van der Waals surface area contributed by atoms with E-state index in [1.807, 2.05) is 37.3 Å². The summed E-state index contributed by atoms with van der Waals surface area (Å²) in [4.78, 5) is 42.5. The predicted molar refractivity (Wildman–Crippen MR) is 161 cm³/mol. The highest BCUT2D eigenvalue weighted by atomic mass is 16.6. The Hall–Kier alpha value is -4.53. The summed E-state index contributed by atoms with van der Waals surface area (Å²) < 4.78 is 5.46. The van der Waals surface area contributed by atoms with Crippen LogP contribution < -0.4 is 10.6 Å². The first-order valence-corrected chi connectivity index (χ1v) is 14.1. The molecule has 2 unspecified atom stereocenters. The number of phenolic OH excluding ortho intramolecular Hbond substituents is 2. The average Bonchev–Trinajstić information content (AvgIpc) is 2.93. The van der Waals surface area contributed by atoms with Crippen molar-refractivity contribution in [1.29, 1.82) is 0 Å². The van der Waals surface area contributed by atoms with Crippen molar-refractivity contribution < 1.29 is 29.3 Å². The Morgan fingerprint density at radius 2 is 1.60 bits per heavy atom. The van der Waals surface area contributed by atoms with Crippen LogP contribution in [0.2, 0.25) is 0 Å². The van der Waals surface area contributed by atoms with Gasteiger partial charge in [-0.3, -0.25) is 9.59 Å².